The summed E-state index contributed by atoms with van der Waals surface area (Å²) in [4.78, 5) is 27.2. The van der Waals surface area contributed by atoms with Gasteiger partial charge in [0, 0.05) is 31.1 Å². The molecule has 1 aliphatic heterocycles. The number of likely N-dealkylation sites (tertiary alicyclic amines) is 1. The molecule has 31 heavy (non-hydrogen) atoms. The molecular formula is C26H22FNO3. The van der Waals surface area contributed by atoms with Gasteiger partial charge in [-0.2, -0.15) is 0 Å². The van der Waals surface area contributed by atoms with Crippen molar-refractivity contribution in [2.24, 2.45) is 0 Å². The number of ketones is 1. The Morgan fingerprint density at radius 2 is 1.87 bits per heavy atom. The van der Waals surface area contributed by atoms with E-state index in [0.717, 1.165) is 35.8 Å². The molecule has 0 N–H and O–H groups in total. The highest BCUT2D eigenvalue weighted by atomic mass is 19.1. The summed E-state index contributed by atoms with van der Waals surface area (Å²) >= 11 is 0. The number of hydrogen-bond acceptors (Lipinski definition) is 4. The lowest BCUT2D eigenvalue weighted by Crippen LogP contribution is -2.23. The fourth-order valence-electron chi connectivity index (χ4n) is 4.45. The van der Waals surface area contributed by atoms with Gasteiger partial charge in [-0.1, -0.05) is 24.3 Å². The average molecular weight is 415 g/mol. The molecule has 1 atom stereocenters. The minimum Gasteiger partial charge on any atom is -0.464 e. The van der Waals surface area contributed by atoms with Gasteiger partial charge in [-0.25, -0.2) is 4.39 Å². The summed E-state index contributed by atoms with van der Waals surface area (Å²) in [7, 11) is 0. The molecule has 1 aliphatic rings. The SMILES string of the molecule is O=C(CCN1CCC(c2ccc(F)cc2)C1)c1ccc2cc3occc(=O)c3cc2c1. The first kappa shape index (κ1) is 19.6. The summed E-state index contributed by atoms with van der Waals surface area (Å²) < 4.78 is 18.6. The molecule has 0 saturated carbocycles. The molecule has 156 valence electrons. The maximum Gasteiger partial charge on any atom is 0.192 e. The molecule has 5 rings (SSSR count). The van der Waals surface area contributed by atoms with Crippen LogP contribution in [0.3, 0.4) is 0 Å². The maximum absolute atomic E-state index is 13.1. The van der Waals surface area contributed by atoms with Crippen LogP contribution in [-0.2, 0) is 0 Å². The van der Waals surface area contributed by atoms with E-state index >= 15 is 0 Å². The van der Waals surface area contributed by atoms with E-state index in [1.165, 1.54) is 24.5 Å². The lowest BCUT2D eigenvalue weighted by atomic mass is 9.98. The number of nitrogens with zero attached hydrogens (tertiary/aromatic N) is 1. The largest absolute Gasteiger partial charge is 0.464 e. The van der Waals surface area contributed by atoms with Crippen LogP contribution in [0.15, 0.2) is 76.1 Å². The van der Waals surface area contributed by atoms with E-state index < -0.39 is 0 Å². The van der Waals surface area contributed by atoms with E-state index in [-0.39, 0.29) is 17.0 Å². The van der Waals surface area contributed by atoms with Gasteiger partial charge in [0.1, 0.15) is 11.4 Å². The van der Waals surface area contributed by atoms with E-state index in [2.05, 4.69) is 4.90 Å². The van der Waals surface area contributed by atoms with E-state index in [1.807, 2.05) is 36.4 Å². The zero-order chi connectivity index (χ0) is 21.4. The van der Waals surface area contributed by atoms with E-state index in [4.69, 9.17) is 4.42 Å². The molecule has 4 aromatic rings. The Bertz CT molecular complexity index is 1330. The summed E-state index contributed by atoms with van der Waals surface area (Å²) in [5, 5.41) is 2.30. The molecule has 0 radical (unpaired) electrons. The van der Waals surface area contributed by atoms with E-state index in [0.29, 0.717) is 35.4 Å². The highest BCUT2D eigenvalue weighted by molar-refractivity contribution is 6.02. The third-order valence-electron chi connectivity index (χ3n) is 6.21. The Labute approximate surface area is 178 Å². The third kappa shape index (κ3) is 4.01. The van der Waals surface area contributed by atoms with Crippen molar-refractivity contribution in [2.75, 3.05) is 19.6 Å². The summed E-state index contributed by atoms with van der Waals surface area (Å²) in [6.45, 7) is 2.53. The lowest BCUT2D eigenvalue weighted by molar-refractivity contribution is 0.0969. The van der Waals surface area contributed by atoms with Gasteiger partial charge < -0.3 is 9.32 Å². The van der Waals surface area contributed by atoms with Crippen LogP contribution in [0.2, 0.25) is 0 Å². The monoisotopic (exact) mass is 415 g/mol. The molecule has 4 nitrogen and oxygen atoms in total. The number of rotatable bonds is 5. The second-order valence-corrected chi connectivity index (χ2v) is 8.21. The van der Waals surface area contributed by atoms with Crippen molar-refractivity contribution in [1.82, 2.24) is 4.90 Å². The number of halogens is 1. The Balaban J connectivity index is 1.27. The first-order valence-electron chi connectivity index (χ1n) is 10.5. The van der Waals surface area contributed by atoms with Crippen LogP contribution < -0.4 is 5.43 Å². The van der Waals surface area contributed by atoms with Crippen molar-refractivity contribution >= 4 is 27.5 Å². The first-order chi connectivity index (χ1) is 15.1. The molecule has 0 aliphatic carbocycles. The zero-order valence-corrected chi connectivity index (χ0v) is 17.0. The highest BCUT2D eigenvalue weighted by Gasteiger charge is 2.24. The average Bonchev–Trinajstić information content (AvgIpc) is 3.26. The van der Waals surface area contributed by atoms with Gasteiger partial charge in [-0.15, -0.1) is 0 Å². The summed E-state index contributed by atoms with van der Waals surface area (Å²) in [5.41, 5.74) is 2.26. The predicted octanol–water partition coefficient (Wildman–Crippen LogP) is 5.15. The molecule has 1 unspecified atom stereocenters. The van der Waals surface area contributed by atoms with Crippen LogP contribution in [0.4, 0.5) is 4.39 Å². The number of hydrogen-bond donors (Lipinski definition) is 0. The van der Waals surface area contributed by atoms with E-state index in [1.54, 1.807) is 6.07 Å². The van der Waals surface area contributed by atoms with Crippen LogP contribution in [0.25, 0.3) is 21.7 Å². The maximum atomic E-state index is 13.1. The van der Waals surface area contributed by atoms with Gasteiger partial charge in [0.2, 0.25) is 0 Å². The van der Waals surface area contributed by atoms with Gasteiger partial charge in [-0.3, -0.25) is 9.59 Å². The van der Waals surface area contributed by atoms with Crippen molar-refractivity contribution in [3.63, 3.8) is 0 Å². The van der Waals surface area contributed by atoms with Crippen LogP contribution in [0, 0.1) is 5.82 Å². The van der Waals surface area contributed by atoms with Crippen LogP contribution in [0.5, 0.6) is 0 Å². The predicted molar refractivity (Wildman–Crippen MR) is 119 cm³/mol. The van der Waals surface area contributed by atoms with Gasteiger partial charge in [0.25, 0.3) is 0 Å². The first-order valence-corrected chi connectivity index (χ1v) is 10.5. The molecule has 0 spiro atoms. The fraction of sp³-hybridized carbons (Fsp3) is 0.231. The van der Waals surface area contributed by atoms with Gasteiger partial charge >= 0.3 is 0 Å². The number of benzene rings is 3. The number of Topliss-reactive ketones (excluding diaryl/α,β-unsaturated/α-hetero) is 1. The van der Waals surface area contributed by atoms with Crippen LogP contribution in [0.1, 0.15) is 34.7 Å². The van der Waals surface area contributed by atoms with E-state index in [9.17, 15) is 14.0 Å². The topological polar surface area (TPSA) is 50.5 Å². The highest BCUT2D eigenvalue weighted by Crippen LogP contribution is 2.28. The van der Waals surface area contributed by atoms with Gasteiger partial charge in [-0.05, 0) is 65.6 Å². The fourth-order valence-corrected chi connectivity index (χ4v) is 4.45. The second-order valence-electron chi connectivity index (χ2n) is 8.21. The second kappa shape index (κ2) is 8.08. The van der Waals surface area contributed by atoms with Crippen molar-refractivity contribution in [2.45, 2.75) is 18.8 Å². The third-order valence-corrected chi connectivity index (χ3v) is 6.21. The minimum absolute atomic E-state index is 0.0901. The van der Waals surface area contributed by atoms with Crippen molar-refractivity contribution in [3.8, 4) is 0 Å². The Hall–Kier alpha value is -3.31. The molecule has 1 aromatic heterocycles. The minimum atomic E-state index is -0.214. The lowest BCUT2D eigenvalue weighted by Gasteiger charge is -2.16. The zero-order valence-electron chi connectivity index (χ0n) is 17.0. The molecular weight excluding hydrogens is 393 g/mol. The molecule has 5 heteroatoms. The van der Waals surface area contributed by atoms with Crippen LogP contribution in [-0.4, -0.2) is 30.3 Å². The Kier molecular flexibility index (Phi) is 5.12. The molecule has 2 heterocycles. The number of fused-ring (bicyclic) bond motifs is 2. The normalized spacial score (nSPS) is 16.9. The standard InChI is InChI=1S/C26H22FNO3/c27-22-5-3-17(4-6-22)20-7-10-28(16-20)11-8-24(29)19-2-1-18-15-26-23(14-21(18)13-19)25(30)9-12-31-26/h1-6,9,12-15,20H,7-8,10-11,16H2. The van der Waals surface area contributed by atoms with Gasteiger partial charge in [0.05, 0.1) is 11.6 Å². The molecule has 0 amide bonds. The smallest absolute Gasteiger partial charge is 0.192 e. The Morgan fingerprint density at radius 3 is 2.71 bits per heavy atom. The summed E-state index contributed by atoms with van der Waals surface area (Å²) in [6.07, 6.45) is 2.86. The summed E-state index contributed by atoms with van der Waals surface area (Å²) in [5.74, 6) is 0.261. The van der Waals surface area contributed by atoms with Crippen molar-refractivity contribution in [1.29, 1.82) is 0 Å². The van der Waals surface area contributed by atoms with Crippen molar-refractivity contribution < 1.29 is 13.6 Å². The van der Waals surface area contributed by atoms with Gasteiger partial charge in [0.15, 0.2) is 11.2 Å². The summed E-state index contributed by atoms with van der Waals surface area (Å²) in [6, 6.07) is 17.3. The molecule has 1 saturated heterocycles. The molecule has 1 fully saturated rings. The number of carbonyl (C=O) groups is 1. The molecule has 3 aromatic carbocycles. The quantitative estimate of drug-likeness (QED) is 0.334. The Morgan fingerprint density at radius 1 is 1.03 bits per heavy atom. The van der Waals surface area contributed by atoms with Crippen molar-refractivity contribution in [3.05, 3.63) is 94.1 Å². The molecule has 0 bridgehead atoms. The number of carbonyl (C=O) groups excluding carboxylic acids is 1. The van der Waals surface area contributed by atoms with Crippen LogP contribution >= 0.6 is 0 Å².